The highest BCUT2D eigenvalue weighted by Gasteiger charge is 2.36. The van der Waals surface area contributed by atoms with Gasteiger partial charge in [0.1, 0.15) is 5.60 Å². The molecule has 126 valence electrons. The van der Waals surface area contributed by atoms with E-state index in [1.807, 2.05) is 20.8 Å². The standard InChI is InChI=1S/C17H30N2O3/c1-17(2,3)22-16(21)19-14(12-7-5-4-6-8-12)15(20)13-9-10-18-11-13/h12-14,18H,4-11H2,1-3H3,(H,19,21). The largest absolute Gasteiger partial charge is 0.444 e. The van der Waals surface area contributed by atoms with Crippen LogP contribution in [0.4, 0.5) is 4.79 Å². The molecule has 0 aromatic rings. The number of amides is 1. The van der Waals surface area contributed by atoms with E-state index in [-0.39, 0.29) is 23.7 Å². The van der Waals surface area contributed by atoms with Crippen LogP contribution in [0, 0.1) is 11.8 Å². The number of ketones is 1. The summed E-state index contributed by atoms with van der Waals surface area (Å²) in [4.78, 5) is 25.0. The van der Waals surface area contributed by atoms with Crippen molar-refractivity contribution in [2.75, 3.05) is 13.1 Å². The maximum absolute atomic E-state index is 12.8. The summed E-state index contributed by atoms with van der Waals surface area (Å²) in [6.45, 7) is 7.14. The lowest BCUT2D eigenvalue weighted by atomic mass is 9.79. The summed E-state index contributed by atoms with van der Waals surface area (Å²) < 4.78 is 5.35. The molecule has 1 aliphatic carbocycles. The van der Waals surface area contributed by atoms with Gasteiger partial charge in [-0.2, -0.15) is 0 Å². The number of nitrogens with one attached hydrogen (secondary N) is 2. The Morgan fingerprint density at radius 3 is 2.36 bits per heavy atom. The van der Waals surface area contributed by atoms with Crippen LogP contribution in [-0.2, 0) is 9.53 Å². The monoisotopic (exact) mass is 310 g/mol. The van der Waals surface area contributed by atoms with Crippen LogP contribution in [0.5, 0.6) is 0 Å². The zero-order valence-corrected chi connectivity index (χ0v) is 14.1. The maximum Gasteiger partial charge on any atom is 0.408 e. The van der Waals surface area contributed by atoms with Gasteiger partial charge in [0.05, 0.1) is 6.04 Å². The van der Waals surface area contributed by atoms with Gasteiger partial charge in [-0.25, -0.2) is 4.79 Å². The van der Waals surface area contributed by atoms with Crippen molar-refractivity contribution in [1.82, 2.24) is 10.6 Å². The van der Waals surface area contributed by atoms with Crippen LogP contribution in [0.2, 0.25) is 0 Å². The molecule has 2 N–H and O–H groups in total. The molecule has 1 saturated heterocycles. The highest BCUT2D eigenvalue weighted by atomic mass is 16.6. The second-order valence-electron chi connectivity index (χ2n) is 7.61. The Hall–Kier alpha value is -1.10. The average molecular weight is 310 g/mol. The first-order valence-corrected chi connectivity index (χ1v) is 8.61. The summed E-state index contributed by atoms with van der Waals surface area (Å²) in [6.07, 6.45) is 5.97. The predicted octanol–water partition coefficient (Wildman–Crippen LogP) is 2.64. The number of alkyl carbamates (subject to hydrolysis) is 1. The number of hydrogen-bond acceptors (Lipinski definition) is 4. The topological polar surface area (TPSA) is 67.4 Å². The Labute approximate surface area is 133 Å². The normalized spacial score (nSPS) is 24.8. The van der Waals surface area contributed by atoms with Crippen molar-refractivity contribution in [3.05, 3.63) is 0 Å². The molecule has 1 heterocycles. The van der Waals surface area contributed by atoms with Gasteiger partial charge in [-0.05, 0) is 52.5 Å². The van der Waals surface area contributed by atoms with E-state index in [1.165, 1.54) is 6.42 Å². The van der Waals surface area contributed by atoms with Gasteiger partial charge in [-0.15, -0.1) is 0 Å². The summed E-state index contributed by atoms with van der Waals surface area (Å²) >= 11 is 0. The molecular weight excluding hydrogens is 280 g/mol. The van der Waals surface area contributed by atoms with Gasteiger partial charge in [0.25, 0.3) is 0 Å². The Morgan fingerprint density at radius 2 is 1.82 bits per heavy atom. The molecule has 2 fully saturated rings. The van der Waals surface area contributed by atoms with Crippen molar-refractivity contribution in [3.63, 3.8) is 0 Å². The zero-order valence-electron chi connectivity index (χ0n) is 14.1. The molecule has 2 unspecified atom stereocenters. The average Bonchev–Trinajstić information content (AvgIpc) is 2.97. The Balaban J connectivity index is 2.03. The van der Waals surface area contributed by atoms with Crippen molar-refractivity contribution in [2.24, 2.45) is 11.8 Å². The predicted molar refractivity (Wildman–Crippen MR) is 85.7 cm³/mol. The SMILES string of the molecule is CC(C)(C)OC(=O)NC(C(=O)C1CCNC1)C1CCCCC1. The molecule has 2 atom stereocenters. The second-order valence-corrected chi connectivity index (χ2v) is 7.61. The van der Waals surface area contributed by atoms with Crippen molar-refractivity contribution < 1.29 is 14.3 Å². The second kappa shape index (κ2) is 7.44. The molecule has 1 aliphatic heterocycles. The number of hydrogen-bond donors (Lipinski definition) is 2. The third-order valence-electron chi connectivity index (χ3n) is 4.56. The molecule has 0 spiro atoms. The minimum absolute atomic E-state index is 0.0295. The van der Waals surface area contributed by atoms with Gasteiger partial charge in [-0.1, -0.05) is 19.3 Å². The summed E-state index contributed by atoms with van der Waals surface area (Å²) in [5.41, 5.74) is -0.543. The van der Waals surface area contributed by atoms with E-state index in [0.29, 0.717) is 0 Å². The fraction of sp³-hybridized carbons (Fsp3) is 0.882. The fourth-order valence-corrected chi connectivity index (χ4v) is 3.47. The van der Waals surface area contributed by atoms with Crippen molar-refractivity contribution in [2.45, 2.75) is 70.9 Å². The lowest BCUT2D eigenvalue weighted by molar-refractivity contribution is -0.126. The first-order valence-electron chi connectivity index (χ1n) is 8.61. The van der Waals surface area contributed by atoms with Crippen LogP contribution in [0.25, 0.3) is 0 Å². The minimum Gasteiger partial charge on any atom is -0.444 e. The molecule has 0 bridgehead atoms. The molecule has 0 radical (unpaired) electrons. The highest BCUT2D eigenvalue weighted by molar-refractivity contribution is 5.90. The molecule has 1 amide bonds. The van der Waals surface area contributed by atoms with Crippen LogP contribution >= 0.6 is 0 Å². The van der Waals surface area contributed by atoms with E-state index in [0.717, 1.165) is 45.2 Å². The lowest BCUT2D eigenvalue weighted by Crippen LogP contribution is -2.50. The van der Waals surface area contributed by atoms with E-state index in [9.17, 15) is 9.59 Å². The molecule has 5 heteroatoms. The number of rotatable bonds is 4. The smallest absolute Gasteiger partial charge is 0.408 e. The van der Waals surface area contributed by atoms with E-state index < -0.39 is 11.7 Å². The molecule has 22 heavy (non-hydrogen) atoms. The minimum atomic E-state index is -0.543. The van der Waals surface area contributed by atoms with Gasteiger partial charge in [-0.3, -0.25) is 4.79 Å². The van der Waals surface area contributed by atoms with Gasteiger partial charge in [0, 0.05) is 12.5 Å². The van der Waals surface area contributed by atoms with E-state index >= 15 is 0 Å². The number of Topliss-reactive ketones (excluding diaryl/α,β-unsaturated/α-hetero) is 1. The van der Waals surface area contributed by atoms with Crippen molar-refractivity contribution in [1.29, 1.82) is 0 Å². The number of ether oxygens (including phenoxy) is 1. The Morgan fingerprint density at radius 1 is 1.14 bits per heavy atom. The van der Waals surface area contributed by atoms with Crippen LogP contribution in [0.15, 0.2) is 0 Å². The van der Waals surface area contributed by atoms with Gasteiger partial charge in [0.2, 0.25) is 0 Å². The molecule has 5 nitrogen and oxygen atoms in total. The van der Waals surface area contributed by atoms with Crippen molar-refractivity contribution in [3.8, 4) is 0 Å². The first-order chi connectivity index (χ1) is 10.4. The van der Waals surface area contributed by atoms with Gasteiger partial charge < -0.3 is 15.4 Å². The van der Waals surface area contributed by atoms with Crippen LogP contribution in [-0.4, -0.2) is 36.6 Å². The van der Waals surface area contributed by atoms with Crippen LogP contribution < -0.4 is 10.6 Å². The number of carbonyl (C=O) groups excluding carboxylic acids is 2. The summed E-state index contributed by atoms with van der Waals surface area (Å²) in [5.74, 6) is 0.471. The van der Waals surface area contributed by atoms with E-state index in [4.69, 9.17) is 4.74 Å². The van der Waals surface area contributed by atoms with E-state index in [1.54, 1.807) is 0 Å². The van der Waals surface area contributed by atoms with Gasteiger partial charge in [0.15, 0.2) is 5.78 Å². The molecule has 2 rings (SSSR count). The lowest BCUT2D eigenvalue weighted by Gasteiger charge is -2.32. The van der Waals surface area contributed by atoms with Crippen LogP contribution in [0.1, 0.15) is 59.3 Å². The van der Waals surface area contributed by atoms with Crippen molar-refractivity contribution >= 4 is 11.9 Å². The molecule has 0 aromatic carbocycles. The third-order valence-corrected chi connectivity index (χ3v) is 4.56. The molecule has 2 aliphatic rings. The number of carbonyl (C=O) groups is 2. The highest BCUT2D eigenvalue weighted by Crippen LogP contribution is 2.29. The maximum atomic E-state index is 12.8. The molecular formula is C17H30N2O3. The third kappa shape index (κ3) is 4.97. The molecule has 1 saturated carbocycles. The van der Waals surface area contributed by atoms with Crippen LogP contribution in [0.3, 0.4) is 0 Å². The Bertz CT molecular complexity index is 391. The summed E-state index contributed by atoms with van der Waals surface area (Å²) in [6, 6.07) is -0.389. The first kappa shape index (κ1) is 17.3. The fourth-order valence-electron chi connectivity index (χ4n) is 3.47. The summed E-state index contributed by atoms with van der Waals surface area (Å²) in [5, 5.41) is 6.12. The summed E-state index contributed by atoms with van der Waals surface area (Å²) in [7, 11) is 0. The van der Waals surface area contributed by atoms with E-state index in [2.05, 4.69) is 10.6 Å². The zero-order chi connectivity index (χ0) is 16.2. The Kier molecular flexibility index (Phi) is 5.84. The molecule has 0 aromatic heterocycles. The van der Waals surface area contributed by atoms with Gasteiger partial charge >= 0.3 is 6.09 Å². The quantitative estimate of drug-likeness (QED) is 0.837.